The Bertz CT molecular complexity index is 866. The highest BCUT2D eigenvalue weighted by atomic mass is 16.5. The zero-order chi connectivity index (χ0) is 17.7. The van der Waals surface area contributed by atoms with E-state index in [1.54, 1.807) is 18.2 Å². The highest BCUT2D eigenvalue weighted by Crippen LogP contribution is 2.22. The number of nitrogens with one attached hydrogen (secondary N) is 2. The van der Waals surface area contributed by atoms with Gasteiger partial charge in [0.25, 0.3) is 11.5 Å². The second kappa shape index (κ2) is 7.27. The Kier molecular flexibility index (Phi) is 5.15. The molecule has 1 aromatic carbocycles. The van der Waals surface area contributed by atoms with Crippen molar-refractivity contribution in [2.45, 2.75) is 0 Å². The lowest BCUT2D eigenvalue weighted by molar-refractivity contribution is 0.0949. The number of hydrogen-bond acceptors (Lipinski definition) is 6. The number of carbonyl (C=O) groups excluding carboxylic acids is 1. The minimum Gasteiger partial charge on any atom is -0.497 e. The lowest BCUT2D eigenvalue weighted by Gasteiger charge is -2.07. The minimum absolute atomic E-state index is 0.179. The second-order valence-corrected chi connectivity index (χ2v) is 4.69. The first-order chi connectivity index (χ1) is 11.5. The summed E-state index contributed by atoms with van der Waals surface area (Å²) in [5.41, 5.74) is 1.38. The Morgan fingerprint density at radius 3 is 2.62 bits per heavy atom. The molecule has 1 heterocycles. The molecule has 24 heavy (non-hydrogen) atoms. The molecule has 9 nitrogen and oxygen atoms in total. The summed E-state index contributed by atoms with van der Waals surface area (Å²) in [6, 6.07) is 6.10. The second-order valence-electron chi connectivity index (χ2n) is 4.69. The molecule has 2 rings (SSSR count). The zero-order valence-electron chi connectivity index (χ0n) is 13.3. The lowest BCUT2D eigenvalue weighted by Crippen LogP contribution is -2.35. The molecule has 0 fully saturated rings. The summed E-state index contributed by atoms with van der Waals surface area (Å²) in [7, 11) is 4.33. The van der Waals surface area contributed by atoms with E-state index in [4.69, 9.17) is 9.47 Å². The van der Waals surface area contributed by atoms with Crippen molar-refractivity contribution in [3.05, 3.63) is 56.4 Å². The molecular weight excluding hydrogens is 316 g/mol. The Balaban J connectivity index is 2.16. The minimum atomic E-state index is -0.714. The summed E-state index contributed by atoms with van der Waals surface area (Å²) < 4.78 is 11.1. The molecule has 1 amide bonds. The van der Waals surface area contributed by atoms with Gasteiger partial charge in [-0.2, -0.15) is 5.10 Å². The van der Waals surface area contributed by atoms with Crippen LogP contribution >= 0.6 is 0 Å². The molecular formula is C15H16N4O5. The maximum atomic E-state index is 11.9. The number of aromatic amines is 1. The average Bonchev–Trinajstić information content (AvgIpc) is 2.59. The van der Waals surface area contributed by atoms with Gasteiger partial charge < -0.3 is 14.5 Å². The number of hydrogen-bond donors (Lipinski definition) is 2. The van der Waals surface area contributed by atoms with Crippen molar-refractivity contribution in [3.63, 3.8) is 0 Å². The van der Waals surface area contributed by atoms with Crippen LogP contribution in [0.1, 0.15) is 16.1 Å². The van der Waals surface area contributed by atoms with Crippen molar-refractivity contribution in [1.82, 2.24) is 15.0 Å². The molecule has 0 radical (unpaired) electrons. The van der Waals surface area contributed by atoms with E-state index in [1.165, 1.54) is 27.5 Å². The predicted octanol–water partition coefficient (Wildman–Crippen LogP) is -0.145. The van der Waals surface area contributed by atoms with Gasteiger partial charge in [-0.15, -0.1) is 0 Å². The van der Waals surface area contributed by atoms with E-state index in [0.29, 0.717) is 17.1 Å². The largest absolute Gasteiger partial charge is 0.497 e. The number of H-pyrrole nitrogens is 1. The molecule has 0 bridgehead atoms. The summed E-state index contributed by atoms with van der Waals surface area (Å²) in [5, 5.41) is 3.79. The van der Waals surface area contributed by atoms with Crippen LogP contribution in [0.3, 0.4) is 0 Å². The summed E-state index contributed by atoms with van der Waals surface area (Å²) >= 11 is 0. The highest BCUT2D eigenvalue weighted by Gasteiger charge is 2.09. The van der Waals surface area contributed by atoms with Crippen LogP contribution in [0.5, 0.6) is 11.5 Å². The Hall–Kier alpha value is -3.36. The summed E-state index contributed by atoms with van der Waals surface area (Å²) in [6.07, 6.45) is 1.37. The first-order valence-corrected chi connectivity index (χ1v) is 6.82. The molecule has 1 aromatic heterocycles. The maximum Gasteiger partial charge on any atom is 0.328 e. The van der Waals surface area contributed by atoms with E-state index in [9.17, 15) is 14.4 Å². The van der Waals surface area contributed by atoms with Gasteiger partial charge in [-0.1, -0.05) is 0 Å². The smallest absolute Gasteiger partial charge is 0.328 e. The van der Waals surface area contributed by atoms with Crippen LogP contribution in [0, 0.1) is 0 Å². The van der Waals surface area contributed by atoms with Crippen molar-refractivity contribution in [2.75, 3.05) is 14.2 Å². The predicted molar refractivity (Wildman–Crippen MR) is 86.9 cm³/mol. The van der Waals surface area contributed by atoms with Gasteiger partial charge in [-0.25, -0.2) is 10.2 Å². The van der Waals surface area contributed by atoms with Crippen LogP contribution in [0.25, 0.3) is 0 Å². The third-order valence-electron chi connectivity index (χ3n) is 3.20. The number of amides is 1. The number of nitrogens with zero attached hydrogens (tertiary/aromatic N) is 2. The summed E-state index contributed by atoms with van der Waals surface area (Å²) in [5.74, 6) is 0.411. The van der Waals surface area contributed by atoms with Crippen LogP contribution in [-0.2, 0) is 7.05 Å². The van der Waals surface area contributed by atoms with Crippen molar-refractivity contribution < 1.29 is 14.3 Å². The molecule has 0 saturated carbocycles. The lowest BCUT2D eigenvalue weighted by atomic mass is 10.2. The molecule has 0 aliphatic carbocycles. The fourth-order valence-corrected chi connectivity index (χ4v) is 1.82. The van der Waals surface area contributed by atoms with Gasteiger partial charge in [0.05, 0.1) is 20.4 Å². The van der Waals surface area contributed by atoms with E-state index in [0.717, 1.165) is 10.6 Å². The molecule has 0 aliphatic rings. The van der Waals surface area contributed by atoms with E-state index in [1.807, 2.05) is 0 Å². The molecule has 0 spiro atoms. The number of aromatic nitrogens is 2. The standard InChI is InChI=1S/C15H16N4O5/c1-19-13(20)7-11(17-15(19)22)14(21)18-16-8-9-4-5-10(23-2)6-12(9)24-3/h4-8H,1-3H3,(H,17,22)(H,18,21)/b16-8+. The Morgan fingerprint density at radius 1 is 1.25 bits per heavy atom. The van der Waals surface area contributed by atoms with Crippen LogP contribution in [0.15, 0.2) is 39.0 Å². The summed E-state index contributed by atoms with van der Waals surface area (Å²) in [4.78, 5) is 37.2. The molecule has 0 aliphatic heterocycles. The van der Waals surface area contributed by atoms with Crippen molar-refractivity contribution >= 4 is 12.1 Å². The fourth-order valence-electron chi connectivity index (χ4n) is 1.82. The number of ether oxygens (including phenoxy) is 2. The Morgan fingerprint density at radius 2 is 2.00 bits per heavy atom. The molecule has 0 unspecified atom stereocenters. The zero-order valence-corrected chi connectivity index (χ0v) is 13.3. The number of benzene rings is 1. The first-order valence-electron chi connectivity index (χ1n) is 6.82. The maximum absolute atomic E-state index is 11.9. The normalized spacial score (nSPS) is 10.6. The first kappa shape index (κ1) is 17.0. The van der Waals surface area contributed by atoms with Crippen molar-refractivity contribution in [1.29, 1.82) is 0 Å². The van der Waals surface area contributed by atoms with E-state index in [2.05, 4.69) is 15.5 Å². The van der Waals surface area contributed by atoms with Gasteiger partial charge in [-0.3, -0.25) is 14.2 Å². The third kappa shape index (κ3) is 3.69. The number of hydrazone groups is 1. The fraction of sp³-hybridized carbons (Fsp3) is 0.200. The van der Waals surface area contributed by atoms with Crippen LogP contribution in [0.2, 0.25) is 0 Å². The van der Waals surface area contributed by atoms with E-state index in [-0.39, 0.29) is 5.69 Å². The molecule has 0 atom stereocenters. The number of rotatable bonds is 5. The molecule has 126 valence electrons. The van der Waals surface area contributed by atoms with Gasteiger partial charge in [0, 0.05) is 24.7 Å². The van der Waals surface area contributed by atoms with Gasteiger partial charge in [0.2, 0.25) is 0 Å². The average molecular weight is 332 g/mol. The summed E-state index contributed by atoms with van der Waals surface area (Å²) in [6.45, 7) is 0. The van der Waals surface area contributed by atoms with Crippen molar-refractivity contribution in [2.24, 2.45) is 12.1 Å². The number of carbonyl (C=O) groups is 1. The van der Waals surface area contributed by atoms with Crippen molar-refractivity contribution in [3.8, 4) is 11.5 Å². The quantitative estimate of drug-likeness (QED) is 0.584. The molecule has 0 saturated heterocycles. The molecule has 2 N–H and O–H groups in total. The van der Waals surface area contributed by atoms with Gasteiger partial charge in [-0.05, 0) is 12.1 Å². The SMILES string of the molecule is COc1ccc(/C=N/NC(=O)c2cc(=O)n(C)c(=O)[nH]2)c(OC)c1. The van der Waals surface area contributed by atoms with Crippen LogP contribution in [0.4, 0.5) is 0 Å². The van der Waals surface area contributed by atoms with Crippen LogP contribution < -0.4 is 26.1 Å². The van der Waals surface area contributed by atoms with E-state index < -0.39 is 17.2 Å². The van der Waals surface area contributed by atoms with Crippen LogP contribution in [-0.4, -0.2) is 35.9 Å². The van der Waals surface area contributed by atoms with E-state index >= 15 is 0 Å². The highest BCUT2D eigenvalue weighted by molar-refractivity contribution is 5.93. The van der Waals surface area contributed by atoms with Gasteiger partial charge in [0.1, 0.15) is 17.2 Å². The topological polar surface area (TPSA) is 115 Å². The monoisotopic (exact) mass is 332 g/mol. The van der Waals surface area contributed by atoms with Gasteiger partial charge >= 0.3 is 5.69 Å². The third-order valence-corrected chi connectivity index (χ3v) is 3.20. The Labute approximate surface area is 136 Å². The van der Waals surface area contributed by atoms with Gasteiger partial charge in [0.15, 0.2) is 0 Å². The molecule has 9 heteroatoms. The molecule has 2 aromatic rings. The number of methoxy groups -OCH3 is 2.